The van der Waals surface area contributed by atoms with E-state index in [-0.39, 0.29) is 5.92 Å². The van der Waals surface area contributed by atoms with Crippen LogP contribution in [0.3, 0.4) is 0 Å². The monoisotopic (exact) mass is 517 g/mol. The summed E-state index contributed by atoms with van der Waals surface area (Å²) in [5.74, 6) is -0.00914. The van der Waals surface area contributed by atoms with Gasteiger partial charge in [0.25, 0.3) is 0 Å². The van der Waals surface area contributed by atoms with Crippen molar-refractivity contribution in [3.8, 4) is 0 Å². The minimum absolute atomic E-state index is 0.00914. The van der Waals surface area contributed by atoms with E-state index in [1.165, 1.54) is 22.5 Å². The van der Waals surface area contributed by atoms with E-state index in [0.29, 0.717) is 16.6 Å². The molecule has 4 aromatic carbocycles. The molecule has 0 spiro atoms. The van der Waals surface area contributed by atoms with Crippen molar-refractivity contribution in [2.24, 2.45) is 10.9 Å². The Morgan fingerprint density at radius 2 is 1.53 bits per heavy atom. The lowest BCUT2D eigenvalue weighted by molar-refractivity contribution is 0.346. The number of piperidine rings is 1. The Morgan fingerprint density at radius 3 is 2.25 bits per heavy atom. The number of hydrogen-bond acceptors (Lipinski definition) is 5. The van der Waals surface area contributed by atoms with Crippen molar-refractivity contribution in [2.75, 3.05) is 19.3 Å². The maximum Gasteiger partial charge on any atom is 0.200 e. The molecule has 5 nitrogen and oxygen atoms in total. The third kappa shape index (κ3) is 5.14. The Morgan fingerprint density at radius 1 is 0.917 bits per heavy atom. The van der Waals surface area contributed by atoms with Gasteiger partial charge in [0.1, 0.15) is 5.37 Å². The van der Waals surface area contributed by atoms with Gasteiger partial charge in [-0.1, -0.05) is 90.6 Å². The third-order valence-corrected chi connectivity index (χ3v) is 9.71. The summed E-state index contributed by atoms with van der Waals surface area (Å²) in [5.41, 5.74) is 1.12. The maximum atomic E-state index is 14.2. The highest BCUT2D eigenvalue weighted by Gasteiger charge is 2.37. The number of aliphatic imine (C=N–C) groups is 1. The topological polar surface area (TPSA) is 70.6 Å². The Labute approximate surface area is 217 Å². The van der Waals surface area contributed by atoms with Crippen LogP contribution in [-0.4, -0.2) is 38.3 Å². The molecule has 1 aliphatic heterocycles. The Kier molecular flexibility index (Phi) is 7.60. The molecule has 4 aromatic rings. The highest BCUT2D eigenvalue weighted by atomic mass is 32.2. The van der Waals surface area contributed by atoms with Crippen LogP contribution in [-0.2, 0) is 16.4 Å². The first-order valence-corrected chi connectivity index (χ1v) is 15.1. The molecule has 1 saturated heterocycles. The SMILES string of the molecule is CSC(=NCc1cccc2ccccc12)NC(C1CCNCC1)S(=O)(=O)c1cccc2ccccc12. The van der Waals surface area contributed by atoms with Gasteiger partial charge in [0.2, 0.25) is 0 Å². The van der Waals surface area contributed by atoms with Crippen molar-refractivity contribution in [1.82, 2.24) is 10.6 Å². The molecule has 7 heteroatoms. The standard InChI is InChI=1S/C29H31N3O2S2/c1-35-29(31-20-24-12-6-10-21-8-2-4-13-25(21)24)32-28(23-16-18-30-19-17-23)36(33,34)27-15-7-11-22-9-3-5-14-26(22)27/h2-15,23,28,30H,16-20H2,1H3,(H,31,32). The molecule has 0 amide bonds. The Bertz CT molecular complexity index is 1480. The summed E-state index contributed by atoms with van der Waals surface area (Å²) < 4.78 is 28.4. The average molecular weight is 518 g/mol. The van der Waals surface area contributed by atoms with Crippen molar-refractivity contribution >= 4 is 48.3 Å². The van der Waals surface area contributed by atoms with Crippen LogP contribution in [0.15, 0.2) is 94.8 Å². The van der Waals surface area contributed by atoms with Crippen molar-refractivity contribution in [3.63, 3.8) is 0 Å². The fourth-order valence-corrected chi connectivity index (χ4v) is 7.65. The second-order valence-corrected chi connectivity index (χ2v) is 12.0. The fourth-order valence-electron chi connectivity index (χ4n) is 5.05. The fraction of sp³-hybridized carbons (Fsp3) is 0.276. The lowest BCUT2D eigenvalue weighted by atomic mass is 9.98. The molecule has 0 radical (unpaired) electrons. The zero-order chi connectivity index (χ0) is 25.0. The molecule has 0 aliphatic carbocycles. The molecule has 1 atom stereocenters. The van der Waals surface area contributed by atoms with Gasteiger partial charge in [0.15, 0.2) is 15.0 Å². The molecule has 1 heterocycles. The molecule has 2 N–H and O–H groups in total. The highest BCUT2D eigenvalue weighted by molar-refractivity contribution is 8.13. The minimum atomic E-state index is -3.68. The number of nitrogens with zero attached hydrogens (tertiary/aromatic N) is 1. The number of nitrogens with one attached hydrogen (secondary N) is 2. The van der Waals surface area contributed by atoms with Gasteiger partial charge in [0.05, 0.1) is 11.4 Å². The molecule has 1 unspecified atom stereocenters. The van der Waals surface area contributed by atoms with E-state index in [9.17, 15) is 8.42 Å². The Hall–Kier alpha value is -2.87. The van der Waals surface area contributed by atoms with Crippen LogP contribution in [0.5, 0.6) is 0 Å². The first-order chi connectivity index (χ1) is 17.6. The van der Waals surface area contributed by atoms with Gasteiger partial charge in [-0.3, -0.25) is 4.99 Å². The van der Waals surface area contributed by atoms with E-state index in [0.717, 1.165) is 42.3 Å². The number of fused-ring (bicyclic) bond motifs is 2. The third-order valence-electron chi connectivity index (χ3n) is 6.93. The first-order valence-electron chi connectivity index (χ1n) is 12.3. The predicted octanol–water partition coefficient (Wildman–Crippen LogP) is 5.60. The zero-order valence-corrected chi connectivity index (χ0v) is 22.0. The molecule has 186 valence electrons. The van der Waals surface area contributed by atoms with Gasteiger partial charge in [-0.25, -0.2) is 8.42 Å². The zero-order valence-electron chi connectivity index (χ0n) is 20.4. The maximum absolute atomic E-state index is 14.2. The normalized spacial score (nSPS) is 16.3. The van der Waals surface area contributed by atoms with E-state index in [1.807, 2.05) is 60.9 Å². The number of benzene rings is 4. The quantitative estimate of drug-likeness (QED) is 0.257. The van der Waals surface area contributed by atoms with Crippen LogP contribution >= 0.6 is 11.8 Å². The minimum Gasteiger partial charge on any atom is -0.348 e. The smallest absolute Gasteiger partial charge is 0.200 e. The van der Waals surface area contributed by atoms with E-state index < -0.39 is 15.2 Å². The van der Waals surface area contributed by atoms with Crippen LogP contribution in [0.1, 0.15) is 18.4 Å². The number of amidine groups is 1. The van der Waals surface area contributed by atoms with Gasteiger partial charge in [-0.15, -0.1) is 0 Å². The number of sulfone groups is 1. The number of rotatable bonds is 6. The van der Waals surface area contributed by atoms with Crippen molar-refractivity contribution in [1.29, 1.82) is 0 Å². The summed E-state index contributed by atoms with van der Waals surface area (Å²) in [7, 11) is -3.68. The van der Waals surface area contributed by atoms with Crippen LogP contribution in [0.4, 0.5) is 0 Å². The van der Waals surface area contributed by atoms with E-state index in [2.05, 4.69) is 34.9 Å². The first kappa shape index (κ1) is 24.8. The highest BCUT2D eigenvalue weighted by Crippen LogP contribution is 2.31. The van der Waals surface area contributed by atoms with Gasteiger partial charge in [0, 0.05) is 5.39 Å². The molecular weight excluding hydrogens is 486 g/mol. The Balaban J connectivity index is 1.50. The molecule has 5 rings (SSSR count). The summed E-state index contributed by atoms with van der Waals surface area (Å²) in [6.45, 7) is 2.11. The molecule has 0 aromatic heterocycles. The van der Waals surface area contributed by atoms with Crippen LogP contribution < -0.4 is 10.6 Å². The molecule has 1 fully saturated rings. The lowest BCUT2D eigenvalue weighted by Gasteiger charge is -2.32. The molecule has 36 heavy (non-hydrogen) atoms. The van der Waals surface area contributed by atoms with Crippen LogP contribution in [0.2, 0.25) is 0 Å². The van der Waals surface area contributed by atoms with Gasteiger partial charge >= 0.3 is 0 Å². The summed E-state index contributed by atoms with van der Waals surface area (Å²) in [5, 5.41) is 10.7. The van der Waals surface area contributed by atoms with Gasteiger partial charge in [-0.2, -0.15) is 0 Å². The van der Waals surface area contributed by atoms with Crippen LogP contribution in [0, 0.1) is 5.92 Å². The number of hydrogen-bond donors (Lipinski definition) is 2. The summed E-state index contributed by atoms with van der Waals surface area (Å²) in [4.78, 5) is 5.24. The largest absolute Gasteiger partial charge is 0.348 e. The van der Waals surface area contributed by atoms with Crippen LogP contribution in [0.25, 0.3) is 21.5 Å². The van der Waals surface area contributed by atoms with Gasteiger partial charge in [-0.05, 0) is 65.9 Å². The van der Waals surface area contributed by atoms with Crippen molar-refractivity contribution < 1.29 is 8.42 Å². The average Bonchev–Trinajstić information content (AvgIpc) is 2.93. The summed E-state index contributed by atoms with van der Waals surface area (Å²) in [6, 6.07) is 27.7. The second kappa shape index (κ2) is 11.0. The van der Waals surface area contributed by atoms with Crippen molar-refractivity contribution in [2.45, 2.75) is 29.7 Å². The van der Waals surface area contributed by atoms with Gasteiger partial charge < -0.3 is 10.6 Å². The molecule has 1 aliphatic rings. The number of thioether (sulfide) groups is 1. The molecule has 0 saturated carbocycles. The van der Waals surface area contributed by atoms with Crippen molar-refractivity contribution in [3.05, 3.63) is 90.5 Å². The predicted molar refractivity (Wildman–Crippen MR) is 152 cm³/mol. The van der Waals surface area contributed by atoms with E-state index >= 15 is 0 Å². The summed E-state index contributed by atoms with van der Waals surface area (Å²) in [6.07, 6.45) is 3.54. The van der Waals surface area contributed by atoms with E-state index in [4.69, 9.17) is 4.99 Å². The lowest BCUT2D eigenvalue weighted by Crippen LogP contribution is -2.48. The molecule has 0 bridgehead atoms. The second-order valence-electron chi connectivity index (χ2n) is 9.14. The molecular formula is C29H31N3O2S2. The van der Waals surface area contributed by atoms with E-state index in [1.54, 1.807) is 6.07 Å². The summed E-state index contributed by atoms with van der Waals surface area (Å²) >= 11 is 1.46.